The van der Waals surface area contributed by atoms with E-state index in [0.29, 0.717) is 39.6 Å². The smallest absolute Gasteiger partial charge is 0.229 e. The monoisotopic (exact) mass is 489 g/mol. The van der Waals surface area contributed by atoms with Crippen LogP contribution in [0.1, 0.15) is 17.2 Å². The summed E-state index contributed by atoms with van der Waals surface area (Å²) in [6.07, 6.45) is 1.55. The topological polar surface area (TPSA) is 108 Å². The molecule has 1 heterocycles. The molecular formula is C23H23NO7S2. The summed E-state index contributed by atoms with van der Waals surface area (Å²) < 4.78 is 68.1. The maximum absolute atomic E-state index is 12.5. The second kappa shape index (κ2) is 8.27. The van der Waals surface area contributed by atoms with Crippen LogP contribution in [0.3, 0.4) is 0 Å². The molecule has 3 aromatic carbocycles. The molecule has 0 bridgehead atoms. The Morgan fingerprint density at radius 1 is 0.879 bits per heavy atom. The van der Waals surface area contributed by atoms with Gasteiger partial charge >= 0.3 is 0 Å². The molecule has 10 heteroatoms. The zero-order valence-corrected chi connectivity index (χ0v) is 20.1. The number of anilines is 1. The summed E-state index contributed by atoms with van der Waals surface area (Å²) in [5.74, 6) is 1.46. The van der Waals surface area contributed by atoms with Crippen molar-refractivity contribution in [2.75, 3.05) is 31.5 Å². The molecule has 8 nitrogen and oxygen atoms in total. The summed E-state index contributed by atoms with van der Waals surface area (Å²) in [6, 6.07) is 15.2. The molecule has 1 aliphatic rings. The largest absolute Gasteiger partial charge is 0.493 e. The van der Waals surface area contributed by atoms with Crippen molar-refractivity contribution < 1.29 is 31.0 Å². The summed E-state index contributed by atoms with van der Waals surface area (Å²) in [4.78, 5) is 0.135. The van der Waals surface area contributed by atoms with Gasteiger partial charge in [0.2, 0.25) is 10.0 Å². The van der Waals surface area contributed by atoms with Gasteiger partial charge in [0.25, 0.3) is 0 Å². The molecule has 0 spiro atoms. The van der Waals surface area contributed by atoms with E-state index < -0.39 is 26.0 Å². The molecule has 0 saturated carbocycles. The number of fused-ring (bicyclic) bond motifs is 3. The van der Waals surface area contributed by atoms with E-state index in [1.165, 1.54) is 20.3 Å². The van der Waals surface area contributed by atoms with Crippen LogP contribution < -0.4 is 18.9 Å². The maximum atomic E-state index is 12.5. The third-order valence-corrected chi connectivity index (χ3v) is 6.99. The highest BCUT2D eigenvalue weighted by atomic mass is 32.2. The van der Waals surface area contributed by atoms with Crippen molar-refractivity contribution in [2.45, 2.75) is 11.0 Å². The van der Waals surface area contributed by atoms with Crippen LogP contribution in [0.25, 0.3) is 11.1 Å². The highest BCUT2D eigenvalue weighted by Crippen LogP contribution is 2.49. The highest BCUT2D eigenvalue weighted by molar-refractivity contribution is 7.92. The number of benzene rings is 3. The first-order valence-corrected chi connectivity index (χ1v) is 13.6. The summed E-state index contributed by atoms with van der Waals surface area (Å²) in [5, 5.41) is 0. The zero-order valence-electron chi connectivity index (χ0n) is 18.4. The molecule has 1 atom stereocenters. The molecule has 33 heavy (non-hydrogen) atoms. The predicted molar refractivity (Wildman–Crippen MR) is 125 cm³/mol. The number of rotatable bonds is 6. The van der Waals surface area contributed by atoms with Crippen molar-refractivity contribution >= 4 is 25.5 Å². The second-order valence-corrected chi connectivity index (χ2v) is 11.4. The third kappa shape index (κ3) is 4.49. The van der Waals surface area contributed by atoms with Crippen molar-refractivity contribution in [1.29, 1.82) is 0 Å². The highest BCUT2D eigenvalue weighted by Gasteiger charge is 2.32. The van der Waals surface area contributed by atoms with Crippen molar-refractivity contribution in [3.8, 4) is 28.4 Å². The number of methoxy groups -OCH3 is 2. The Hall–Kier alpha value is -3.24. The number of sulfonamides is 1. The Kier molecular flexibility index (Phi) is 5.75. The fourth-order valence-corrected chi connectivity index (χ4v) is 5.38. The fraction of sp³-hybridized carbons (Fsp3) is 0.217. The maximum Gasteiger partial charge on any atom is 0.229 e. The van der Waals surface area contributed by atoms with E-state index in [1.54, 1.807) is 42.5 Å². The van der Waals surface area contributed by atoms with Gasteiger partial charge in [0.15, 0.2) is 21.3 Å². The lowest BCUT2D eigenvalue weighted by atomic mass is 9.89. The molecule has 0 radical (unpaired) electrons. The van der Waals surface area contributed by atoms with Crippen LogP contribution in [0, 0.1) is 0 Å². The second-order valence-electron chi connectivity index (χ2n) is 7.69. The number of hydrogen-bond donors (Lipinski definition) is 1. The van der Waals surface area contributed by atoms with Crippen LogP contribution in [0.5, 0.6) is 17.2 Å². The summed E-state index contributed by atoms with van der Waals surface area (Å²) in [5.41, 5.74) is 2.75. The Morgan fingerprint density at radius 3 is 2.24 bits per heavy atom. The molecule has 3 aromatic rings. The predicted octanol–water partition coefficient (Wildman–Crippen LogP) is 3.63. The average molecular weight is 490 g/mol. The van der Waals surface area contributed by atoms with E-state index in [1.807, 2.05) is 6.07 Å². The fourth-order valence-electron chi connectivity index (χ4n) is 3.92. The summed E-state index contributed by atoms with van der Waals surface area (Å²) >= 11 is 0. The minimum atomic E-state index is -3.56. The van der Waals surface area contributed by atoms with Gasteiger partial charge in [-0.1, -0.05) is 18.2 Å². The van der Waals surface area contributed by atoms with Crippen LogP contribution in [0.4, 0.5) is 5.69 Å². The SMILES string of the molecule is COc1ccc(C2Oc3cccc(S(C)(=O)=O)c3-c3ccc(NS(C)(=O)=O)cc32)cc1OC. The van der Waals surface area contributed by atoms with Crippen molar-refractivity contribution in [2.24, 2.45) is 0 Å². The van der Waals surface area contributed by atoms with Gasteiger partial charge in [0.05, 0.1) is 25.4 Å². The summed E-state index contributed by atoms with van der Waals surface area (Å²) in [7, 11) is -4.01. The van der Waals surface area contributed by atoms with Gasteiger partial charge in [-0.05, 0) is 42.0 Å². The molecule has 0 saturated heterocycles. The van der Waals surface area contributed by atoms with E-state index >= 15 is 0 Å². The normalized spacial score (nSPS) is 15.1. The Morgan fingerprint density at radius 2 is 1.61 bits per heavy atom. The van der Waals surface area contributed by atoms with E-state index in [9.17, 15) is 16.8 Å². The number of ether oxygens (including phenoxy) is 3. The molecule has 1 unspecified atom stereocenters. The van der Waals surface area contributed by atoms with Gasteiger partial charge in [0, 0.05) is 28.6 Å². The van der Waals surface area contributed by atoms with Gasteiger partial charge in [0.1, 0.15) is 11.9 Å². The van der Waals surface area contributed by atoms with Crippen molar-refractivity contribution in [3.05, 3.63) is 65.7 Å². The zero-order chi connectivity index (χ0) is 24.0. The van der Waals surface area contributed by atoms with E-state index in [0.717, 1.165) is 18.1 Å². The lowest BCUT2D eigenvalue weighted by Crippen LogP contribution is -2.18. The van der Waals surface area contributed by atoms with E-state index in [2.05, 4.69) is 4.72 Å². The van der Waals surface area contributed by atoms with Crippen LogP contribution in [-0.4, -0.2) is 43.6 Å². The minimum absolute atomic E-state index is 0.135. The molecule has 0 aliphatic carbocycles. The van der Waals surface area contributed by atoms with Gasteiger partial charge < -0.3 is 14.2 Å². The summed E-state index contributed by atoms with van der Waals surface area (Å²) in [6.45, 7) is 0. The molecule has 0 amide bonds. The third-order valence-electron chi connectivity index (χ3n) is 5.25. The molecule has 4 rings (SSSR count). The molecule has 1 N–H and O–H groups in total. The molecule has 0 aromatic heterocycles. The van der Waals surface area contributed by atoms with Crippen LogP contribution >= 0.6 is 0 Å². The molecule has 174 valence electrons. The average Bonchev–Trinajstić information content (AvgIpc) is 2.75. The van der Waals surface area contributed by atoms with Crippen molar-refractivity contribution in [3.63, 3.8) is 0 Å². The van der Waals surface area contributed by atoms with Gasteiger partial charge in [-0.15, -0.1) is 0 Å². The van der Waals surface area contributed by atoms with Crippen molar-refractivity contribution in [1.82, 2.24) is 0 Å². The Balaban J connectivity index is 1.97. The number of nitrogens with one attached hydrogen (secondary N) is 1. The van der Waals surface area contributed by atoms with Gasteiger partial charge in [-0.2, -0.15) is 0 Å². The lowest BCUT2D eigenvalue weighted by molar-refractivity contribution is 0.242. The molecule has 1 aliphatic heterocycles. The van der Waals surface area contributed by atoms with Crippen LogP contribution in [-0.2, 0) is 19.9 Å². The van der Waals surface area contributed by atoms with Gasteiger partial charge in [-0.25, -0.2) is 16.8 Å². The first-order chi connectivity index (χ1) is 15.5. The van der Waals surface area contributed by atoms with E-state index in [-0.39, 0.29) is 4.90 Å². The molecule has 0 fully saturated rings. The first kappa shape index (κ1) is 22.9. The van der Waals surface area contributed by atoms with Crippen LogP contribution in [0.15, 0.2) is 59.5 Å². The number of sulfone groups is 1. The first-order valence-electron chi connectivity index (χ1n) is 9.85. The van der Waals surface area contributed by atoms with Crippen LogP contribution in [0.2, 0.25) is 0 Å². The Bertz CT molecular complexity index is 1450. The van der Waals surface area contributed by atoms with E-state index in [4.69, 9.17) is 14.2 Å². The van der Waals surface area contributed by atoms with Gasteiger partial charge in [-0.3, -0.25) is 4.72 Å². The standard InChI is InChI=1S/C23H23NO7S2/c1-29-18-11-8-14(12-20(18)30-2)23-17-13-15(24-33(4,27)28)9-10-16(17)22-19(31-23)6-5-7-21(22)32(3,25)26/h5-13,23-24H,1-4H3. The molecular weight excluding hydrogens is 466 g/mol. The quantitative estimate of drug-likeness (QED) is 0.563. The number of hydrogen-bond acceptors (Lipinski definition) is 7. The minimum Gasteiger partial charge on any atom is -0.493 e. The lowest BCUT2D eigenvalue weighted by Gasteiger charge is -2.31. The Labute approximate surface area is 193 Å².